The van der Waals surface area contributed by atoms with Crippen molar-refractivity contribution in [2.45, 2.75) is 19.9 Å². The second kappa shape index (κ2) is 4.81. The van der Waals surface area contributed by atoms with Gasteiger partial charge in [0.1, 0.15) is 5.82 Å². The van der Waals surface area contributed by atoms with Crippen molar-refractivity contribution in [3.63, 3.8) is 0 Å². The zero-order valence-corrected chi connectivity index (χ0v) is 11.4. The molecule has 0 bridgehead atoms. The molecule has 1 aliphatic heterocycles. The molecule has 0 atom stereocenters. The minimum Gasteiger partial charge on any atom is -0.450 e. The smallest absolute Gasteiger partial charge is 0.410 e. The predicted molar refractivity (Wildman–Crippen MR) is 72.9 cm³/mol. The Labute approximate surface area is 114 Å². The number of nitrogens with zero attached hydrogens (tertiary/aromatic N) is 1. The van der Waals surface area contributed by atoms with Crippen molar-refractivity contribution in [2.75, 3.05) is 13.2 Å². The maximum absolute atomic E-state index is 13.3. The van der Waals surface area contributed by atoms with Crippen LogP contribution in [0.5, 0.6) is 0 Å². The topological polar surface area (TPSA) is 29.5 Å². The molecule has 19 heavy (non-hydrogen) atoms. The van der Waals surface area contributed by atoms with Gasteiger partial charge in [-0.15, -0.1) is 11.3 Å². The summed E-state index contributed by atoms with van der Waals surface area (Å²) in [7, 11) is 0. The third-order valence-electron chi connectivity index (χ3n) is 3.33. The Balaban J connectivity index is 1.93. The molecule has 2 heterocycles. The molecule has 2 aromatic rings. The van der Waals surface area contributed by atoms with Crippen molar-refractivity contribution in [1.82, 2.24) is 4.90 Å². The summed E-state index contributed by atoms with van der Waals surface area (Å²) < 4.78 is 19.4. The Bertz CT molecular complexity index is 638. The summed E-state index contributed by atoms with van der Waals surface area (Å²) >= 11 is 1.63. The van der Waals surface area contributed by atoms with E-state index in [2.05, 4.69) is 0 Å². The van der Waals surface area contributed by atoms with E-state index < -0.39 is 0 Å². The highest BCUT2D eigenvalue weighted by Crippen LogP contribution is 2.35. The van der Waals surface area contributed by atoms with Crippen molar-refractivity contribution in [1.29, 1.82) is 0 Å². The summed E-state index contributed by atoms with van der Waals surface area (Å²) in [6.07, 6.45) is 0.495. The minimum absolute atomic E-state index is 0.207. The van der Waals surface area contributed by atoms with Crippen molar-refractivity contribution in [3.05, 3.63) is 34.5 Å². The van der Waals surface area contributed by atoms with Crippen LogP contribution in [0.2, 0.25) is 0 Å². The lowest BCUT2D eigenvalue weighted by atomic mass is 10.0. The molecule has 0 saturated carbocycles. The number of hydrogen-bond acceptors (Lipinski definition) is 3. The molecule has 5 heteroatoms. The van der Waals surface area contributed by atoms with Gasteiger partial charge < -0.3 is 9.64 Å². The van der Waals surface area contributed by atoms with E-state index in [-0.39, 0.29) is 11.9 Å². The summed E-state index contributed by atoms with van der Waals surface area (Å²) in [5.41, 5.74) is 1.18. The number of carbonyl (C=O) groups is 1. The Hall–Kier alpha value is -1.62. The number of carbonyl (C=O) groups excluding carboxylic acids is 1. The zero-order chi connectivity index (χ0) is 13.4. The summed E-state index contributed by atoms with van der Waals surface area (Å²) in [4.78, 5) is 14.6. The third-order valence-corrected chi connectivity index (χ3v) is 4.53. The van der Waals surface area contributed by atoms with Gasteiger partial charge in [0, 0.05) is 16.1 Å². The van der Waals surface area contributed by atoms with Crippen molar-refractivity contribution in [2.24, 2.45) is 0 Å². The Morgan fingerprint density at radius 3 is 3.16 bits per heavy atom. The summed E-state index contributed by atoms with van der Waals surface area (Å²) in [6.45, 7) is 3.39. The van der Waals surface area contributed by atoms with Gasteiger partial charge >= 0.3 is 6.09 Å². The molecular formula is C14H14FNO2S. The number of thiophene rings is 1. The van der Waals surface area contributed by atoms with Gasteiger partial charge in [-0.05, 0) is 42.5 Å². The number of amides is 1. The molecule has 1 aromatic carbocycles. The number of rotatable bonds is 1. The molecule has 0 fully saturated rings. The molecule has 0 radical (unpaired) electrons. The first-order chi connectivity index (χ1) is 9.19. The third kappa shape index (κ3) is 2.18. The number of ether oxygens (including phenoxy) is 1. The van der Waals surface area contributed by atoms with Gasteiger partial charge in [-0.25, -0.2) is 9.18 Å². The van der Waals surface area contributed by atoms with Crippen LogP contribution < -0.4 is 0 Å². The molecule has 0 unspecified atom stereocenters. The van der Waals surface area contributed by atoms with Gasteiger partial charge in [0.2, 0.25) is 0 Å². The monoisotopic (exact) mass is 279 g/mol. The van der Waals surface area contributed by atoms with Gasteiger partial charge in [0.25, 0.3) is 0 Å². The Kier molecular flexibility index (Phi) is 3.14. The van der Waals surface area contributed by atoms with Crippen LogP contribution in [0.3, 0.4) is 0 Å². The van der Waals surface area contributed by atoms with Crippen molar-refractivity contribution < 1.29 is 13.9 Å². The molecule has 1 amide bonds. The first-order valence-corrected chi connectivity index (χ1v) is 7.12. The molecule has 0 spiro atoms. The Morgan fingerprint density at radius 1 is 1.53 bits per heavy atom. The van der Waals surface area contributed by atoms with Gasteiger partial charge in [-0.1, -0.05) is 0 Å². The Morgan fingerprint density at radius 2 is 2.37 bits per heavy atom. The second-order valence-electron chi connectivity index (χ2n) is 4.51. The van der Waals surface area contributed by atoms with Crippen LogP contribution in [-0.4, -0.2) is 24.1 Å². The molecule has 3 nitrogen and oxygen atoms in total. The number of hydrogen-bond donors (Lipinski definition) is 0. The van der Waals surface area contributed by atoms with Crippen LogP contribution in [0.15, 0.2) is 18.2 Å². The molecule has 0 aliphatic carbocycles. The van der Waals surface area contributed by atoms with Crippen LogP contribution in [0, 0.1) is 5.82 Å². The largest absolute Gasteiger partial charge is 0.450 e. The lowest BCUT2D eigenvalue weighted by Gasteiger charge is -2.26. The maximum atomic E-state index is 13.3. The molecule has 100 valence electrons. The lowest BCUT2D eigenvalue weighted by molar-refractivity contribution is 0.103. The number of halogens is 1. The van der Waals surface area contributed by atoms with Crippen LogP contribution in [0.1, 0.15) is 17.4 Å². The number of benzene rings is 1. The fourth-order valence-corrected chi connectivity index (χ4v) is 3.69. The van der Waals surface area contributed by atoms with Gasteiger partial charge in [0.05, 0.1) is 13.2 Å². The zero-order valence-electron chi connectivity index (χ0n) is 10.6. The van der Waals surface area contributed by atoms with E-state index in [1.54, 1.807) is 29.2 Å². The molecule has 1 aromatic heterocycles. The van der Waals surface area contributed by atoms with Crippen molar-refractivity contribution in [3.8, 4) is 0 Å². The molecule has 0 N–H and O–H groups in total. The highest BCUT2D eigenvalue weighted by Gasteiger charge is 2.24. The molecule has 1 aliphatic rings. The first kappa shape index (κ1) is 12.4. The fourth-order valence-electron chi connectivity index (χ4n) is 2.44. The quantitative estimate of drug-likeness (QED) is 0.799. The minimum atomic E-state index is -0.267. The van der Waals surface area contributed by atoms with Crippen LogP contribution >= 0.6 is 11.3 Å². The van der Waals surface area contributed by atoms with Crippen molar-refractivity contribution >= 4 is 27.5 Å². The van der Waals surface area contributed by atoms with E-state index in [1.165, 1.54) is 11.6 Å². The summed E-state index contributed by atoms with van der Waals surface area (Å²) in [5.74, 6) is -0.207. The van der Waals surface area contributed by atoms with Gasteiger partial charge in [-0.2, -0.15) is 0 Å². The molecule has 3 rings (SSSR count). The molecular weight excluding hydrogens is 265 g/mol. The SMILES string of the molecule is CCOC(=O)N1CCc2c(sc3ccc(F)cc23)C1. The summed E-state index contributed by atoms with van der Waals surface area (Å²) in [5, 5.41) is 0.989. The van der Waals surface area contributed by atoms with E-state index in [4.69, 9.17) is 4.74 Å². The standard InChI is InChI=1S/C14H14FNO2S/c1-2-18-14(17)16-6-5-10-11-7-9(15)3-4-12(11)19-13(10)8-16/h3-4,7H,2,5-6,8H2,1H3. The summed E-state index contributed by atoms with van der Waals surface area (Å²) in [6, 6.07) is 4.88. The van der Waals surface area contributed by atoms with Crippen LogP contribution in [0.25, 0.3) is 10.1 Å². The molecule has 0 saturated heterocycles. The van der Waals surface area contributed by atoms with Crippen LogP contribution in [0.4, 0.5) is 9.18 Å². The highest BCUT2D eigenvalue weighted by molar-refractivity contribution is 7.19. The van der Waals surface area contributed by atoms with E-state index >= 15 is 0 Å². The predicted octanol–water partition coefficient (Wildman–Crippen LogP) is 3.56. The average molecular weight is 279 g/mol. The fraction of sp³-hybridized carbons (Fsp3) is 0.357. The van der Waals surface area contributed by atoms with E-state index in [9.17, 15) is 9.18 Å². The van der Waals surface area contributed by atoms with Gasteiger partial charge in [0.15, 0.2) is 0 Å². The number of fused-ring (bicyclic) bond motifs is 3. The van der Waals surface area contributed by atoms with E-state index in [0.29, 0.717) is 19.7 Å². The van der Waals surface area contributed by atoms with E-state index in [1.807, 2.05) is 6.07 Å². The average Bonchev–Trinajstić information content (AvgIpc) is 2.76. The second-order valence-corrected chi connectivity index (χ2v) is 5.65. The highest BCUT2D eigenvalue weighted by atomic mass is 32.1. The van der Waals surface area contributed by atoms with Crippen LogP contribution in [-0.2, 0) is 17.7 Å². The normalized spacial score (nSPS) is 14.5. The lowest BCUT2D eigenvalue weighted by Crippen LogP contribution is -2.35. The first-order valence-electron chi connectivity index (χ1n) is 6.30. The van der Waals surface area contributed by atoms with E-state index in [0.717, 1.165) is 21.4 Å². The maximum Gasteiger partial charge on any atom is 0.410 e. The van der Waals surface area contributed by atoms with Gasteiger partial charge in [-0.3, -0.25) is 0 Å².